The minimum absolute atomic E-state index is 0.120. The third kappa shape index (κ3) is 6.84. The van der Waals surface area contributed by atoms with Gasteiger partial charge in [0.15, 0.2) is 0 Å². The quantitative estimate of drug-likeness (QED) is 0.304. The van der Waals surface area contributed by atoms with Crippen LogP contribution in [-0.2, 0) is 10.4 Å². The number of nitrogens with zero attached hydrogens (tertiary/aromatic N) is 1. The predicted molar refractivity (Wildman–Crippen MR) is 52.7 cm³/mol. The van der Waals surface area contributed by atoms with Gasteiger partial charge >= 0.3 is 0 Å². The molecule has 0 aliphatic carbocycles. The van der Waals surface area contributed by atoms with E-state index in [2.05, 4.69) is 5.73 Å². The van der Waals surface area contributed by atoms with Crippen LogP contribution in [0, 0.1) is 17.0 Å². The first-order valence-corrected chi connectivity index (χ1v) is 5.23. The summed E-state index contributed by atoms with van der Waals surface area (Å²) in [6, 6.07) is 4.62. The van der Waals surface area contributed by atoms with Crippen molar-refractivity contribution in [2.45, 2.75) is 6.92 Å². The molecule has 0 bridgehead atoms. The average Bonchev–Trinajstić information content (AvgIpc) is 2.06. The predicted octanol–water partition coefficient (Wildman–Crippen LogP) is -0.219. The van der Waals surface area contributed by atoms with Crippen LogP contribution < -0.4 is 5.73 Å². The molecule has 0 fully saturated rings. The van der Waals surface area contributed by atoms with Gasteiger partial charge in [0.05, 0.1) is 4.92 Å². The van der Waals surface area contributed by atoms with Gasteiger partial charge in [-0.25, -0.2) is 8.42 Å². The summed E-state index contributed by atoms with van der Waals surface area (Å²) in [5.41, 5.74) is 5.49. The molecule has 8 nitrogen and oxygen atoms in total. The molecule has 1 rings (SSSR count). The first-order chi connectivity index (χ1) is 7.11. The molecule has 0 saturated heterocycles. The molecule has 1 aromatic carbocycles. The molecule has 1 aromatic rings. The maximum Gasteiger partial charge on any atom is 0.270 e. The molecule has 0 radical (unpaired) electrons. The van der Waals surface area contributed by atoms with Crippen molar-refractivity contribution in [2.75, 3.05) is 0 Å². The molecule has 9 heteroatoms. The van der Waals surface area contributed by atoms with Crippen LogP contribution in [0.4, 0.5) is 11.4 Å². The fourth-order valence-electron chi connectivity index (χ4n) is 0.794. The zero-order valence-corrected chi connectivity index (χ0v) is 9.10. The number of quaternary nitrogens is 1. The Balaban J connectivity index is 0.000000385. The van der Waals surface area contributed by atoms with Gasteiger partial charge < -0.3 is 10.3 Å². The third-order valence-electron chi connectivity index (χ3n) is 1.54. The Hall–Kier alpha value is -1.55. The summed E-state index contributed by atoms with van der Waals surface area (Å²) in [7, 11) is -4.92. The summed E-state index contributed by atoms with van der Waals surface area (Å²) in [6.45, 7) is 1.80. The molecule has 0 heterocycles. The van der Waals surface area contributed by atoms with E-state index in [0.29, 0.717) is 0 Å². The van der Waals surface area contributed by atoms with Crippen molar-refractivity contribution in [2.24, 2.45) is 0 Å². The molecule has 0 aromatic heterocycles. The van der Waals surface area contributed by atoms with Crippen LogP contribution in [0.3, 0.4) is 0 Å². The Morgan fingerprint density at radius 1 is 1.44 bits per heavy atom. The highest BCUT2D eigenvalue weighted by Gasteiger charge is 2.06. The second-order valence-electron chi connectivity index (χ2n) is 2.80. The van der Waals surface area contributed by atoms with Crippen LogP contribution >= 0.6 is 0 Å². The number of rotatable bonds is 1. The minimum atomic E-state index is -4.92. The molecule has 4 N–H and O–H groups in total. The van der Waals surface area contributed by atoms with Crippen molar-refractivity contribution in [3.63, 3.8) is 0 Å². The van der Waals surface area contributed by atoms with Crippen LogP contribution in [0.1, 0.15) is 5.56 Å². The van der Waals surface area contributed by atoms with E-state index >= 15 is 0 Å². The lowest BCUT2D eigenvalue weighted by molar-refractivity contribution is -0.385. The molecule has 0 unspecified atom stereocenters. The highest BCUT2D eigenvalue weighted by Crippen LogP contribution is 2.16. The van der Waals surface area contributed by atoms with Crippen LogP contribution in [0.25, 0.3) is 0 Å². The van der Waals surface area contributed by atoms with E-state index in [1.807, 2.05) is 0 Å². The number of non-ortho nitro benzene ring substituents is 1. The molecule has 0 saturated carbocycles. The Labute approximate surface area is 91.4 Å². The standard InChI is InChI=1S/C7H8N2O2.H2O4S/c1-5-4-6(9(10)11)2-3-7(5)8;1-5(2,3)4/h2-4H,8H2,1H3;(H2,1,2,3,4). The molecular formula is C7H10N2O6S. The Bertz CT molecular complexity index is 476. The summed E-state index contributed by atoms with van der Waals surface area (Å²) in [5, 5.41) is 10.2. The molecule has 0 atom stereocenters. The maximum absolute atomic E-state index is 10.2. The van der Waals surface area contributed by atoms with Gasteiger partial charge in [0.2, 0.25) is 10.4 Å². The average molecular weight is 250 g/mol. The normalized spacial score (nSPS) is 10.2. The zero-order chi connectivity index (χ0) is 12.9. The second kappa shape index (κ2) is 5.51. The number of nitro benzene ring substituents is 1. The van der Waals surface area contributed by atoms with E-state index in [9.17, 15) is 10.1 Å². The molecule has 0 aliphatic heterocycles. The molecule has 0 aliphatic rings. The Morgan fingerprint density at radius 3 is 2.19 bits per heavy atom. The first kappa shape index (κ1) is 14.5. The van der Waals surface area contributed by atoms with E-state index < -0.39 is 15.3 Å². The molecule has 0 spiro atoms. The smallest absolute Gasteiger partial charge is 0.270 e. The monoisotopic (exact) mass is 250 g/mol. The van der Waals surface area contributed by atoms with Crippen LogP contribution in [0.15, 0.2) is 18.2 Å². The van der Waals surface area contributed by atoms with Gasteiger partial charge in [-0.2, -0.15) is 0 Å². The van der Waals surface area contributed by atoms with Gasteiger partial charge in [0, 0.05) is 23.8 Å². The van der Waals surface area contributed by atoms with E-state index in [1.165, 1.54) is 12.1 Å². The van der Waals surface area contributed by atoms with Gasteiger partial charge in [-0.3, -0.25) is 14.7 Å². The largest absolute Gasteiger partial charge is 0.726 e. The molecular weight excluding hydrogens is 240 g/mol. The Morgan fingerprint density at radius 2 is 1.88 bits per heavy atom. The lowest BCUT2D eigenvalue weighted by atomic mass is 10.2. The van der Waals surface area contributed by atoms with Gasteiger partial charge in [-0.05, 0) is 6.92 Å². The number of benzene rings is 1. The minimum Gasteiger partial charge on any atom is -0.726 e. The van der Waals surface area contributed by atoms with E-state index in [1.54, 1.807) is 13.0 Å². The summed E-state index contributed by atoms with van der Waals surface area (Å²) < 4.78 is 32.8. The summed E-state index contributed by atoms with van der Waals surface area (Å²) in [6.07, 6.45) is 0. The van der Waals surface area contributed by atoms with Crippen molar-refractivity contribution in [3.05, 3.63) is 33.9 Å². The summed E-state index contributed by atoms with van der Waals surface area (Å²) >= 11 is 0. The van der Waals surface area contributed by atoms with Gasteiger partial charge in [0.25, 0.3) is 5.69 Å². The van der Waals surface area contributed by atoms with Crippen LogP contribution in [-0.4, -0.2) is 22.4 Å². The zero-order valence-electron chi connectivity index (χ0n) is 8.28. The number of hydrogen-bond donors (Lipinski definition) is 2. The van der Waals surface area contributed by atoms with Gasteiger partial charge in [0.1, 0.15) is 5.69 Å². The van der Waals surface area contributed by atoms with Crippen molar-refractivity contribution >= 4 is 21.8 Å². The van der Waals surface area contributed by atoms with Gasteiger partial charge in [-0.15, -0.1) is 0 Å². The van der Waals surface area contributed by atoms with Crippen LogP contribution in [0.2, 0.25) is 0 Å². The van der Waals surface area contributed by atoms with E-state index in [4.69, 9.17) is 17.5 Å². The van der Waals surface area contributed by atoms with E-state index in [-0.39, 0.29) is 5.69 Å². The fourth-order valence-corrected chi connectivity index (χ4v) is 0.794. The first-order valence-electron chi connectivity index (χ1n) is 3.86. The van der Waals surface area contributed by atoms with Gasteiger partial charge in [-0.1, -0.05) is 0 Å². The van der Waals surface area contributed by atoms with Crippen molar-refractivity contribution in [1.82, 2.24) is 0 Å². The second-order valence-corrected chi connectivity index (χ2v) is 3.65. The van der Waals surface area contributed by atoms with E-state index in [0.717, 1.165) is 11.3 Å². The topological polar surface area (TPSA) is 148 Å². The maximum atomic E-state index is 10.2. The van der Waals surface area contributed by atoms with Crippen molar-refractivity contribution < 1.29 is 28.2 Å². The number of nitro groups is 1. The fraction of sp³-hybridized carbons (Fsp3) is 0.143. The third-order valence-corrected chi connectivity index (χ3v) is 1.54. The summed E-state index contributed by atoms with van der Waals surface area (Å²) in [5.74, 6) is 0. The highest BCUT2D eigenvalue weighted by atomic mass is 32.3. The number of hydrogen-bond acceptors (Lipinski definition) is 5. The van der Waals surface area contributed by atoms with Crippen molar-refractivity contribution in [3.8, 4) is 0 Å². The molecule has 0 amide bonds. The lowest BCUT2D eigenvalue weighted by Gasteiger charge is -1.93. The SMILES string of the molecule is Cc1cc([N+](=O)[O-])ccc1[NH3+].O=S(=O)([O-])O. The molecule has 16 heavy (non-hydrogen) atoms. The molecule has 90 valence electrons. The Kier molecular flexibility index (Phi) is 4.98. The van der Waals surface area contributed by atoms with Crippen molar-refractivity contribution in [1.29, 1.82) is 0 Å². The van der Waals surface area contributed by atoms with Crippen LogP contribution in [0.5, 0.6) is 0 Å². The lowest BCUT2D eigenvalue weighted by Crippen LogP contribution is -2.40. The summed E-state index contributed by atoms with van der Waals surface area (Å²) in [4.78, 5) is 9.84. The highest BCUT2D eigenvalue weighted by molar-refractivity contribution is 7.79. The number of aryl methyl sites for hydroxylation is 1.